The summed E-state index contributed by atoms with van der Waals surface area (Å²) >= 11 is 0. The average Bonchev–Trinajstić information content (AvgIpc) is 2.03. The molecule has 3 nitrogen and oxygen atoms in total. The van der Waals surface area contributed by atoms with Gasteiger partial charge in [0.1, 0.15) is 0 Å². The molecule has 0 aliphatic heterocycles. The summed E-state index contributed by atoms with van der Waals surface area (Å²) in [6, 6.07) is 0.193. The Hall–Kier alpha value is -0.730. The predicted molar refractivity (Wildman–Crippen MR) is 51.7 cm³/mol. The van der Waals surface area contributed by atoms with Gasteiger partial charge >= 0.3 is 6.09 Å². The van der Waals surface area contributed by atoms with Crippen molar-refractivity contribution in [2.24, 2.45) is 11.8 Å². The molecule has 1 aliphatic rings. The molecule has 2 atom stereocenters. The van der Waals surface area contributed by atoms with Gasteiger partial charge in [-0.05, 0) is 24.7 Å². The smallest absolute Gasteiger partial charge is 0.404 e. The Morgan fingerprint density at radius 1 is 1.46 bits per heavy atom. The average molecular weight is 185 g/mol. The topological polar surface area (TPSA) is 49.3 Å². The molecule has 2 unspecified atom stereocenters. The van der Waals surface area contributed by atoms with E-state index in [1.54, 1.807) is 0 Å². The SMILES string of the molecule is CC(C)C1CCCC(NC(=O)O)C1. The van der Waals surface area contributed by atoms with Gasteiger partial charge in [0.2, 0.25) is 0 Å². The van der Waals surface area contributed by atoms with Gasteiger partial charge in [-0.25, -0.2) is 4.79 Å². The van der Waals surface area contributed by atoms with Crippen molar-refractivity contribution in [1.82, 2.24) is 5.32 Å². The highest BCUT2D eigenvalue weighted by molar-refractivity contribution is 5.64. The van der Waals surface area contributed by atoms with E-state index >= 15 is 0 Å². The van der Waals surface area contributed by atoms with Crippen LogP contribution in [0.5, 0.6) is 0 Å². The molecular formula is C10H19NO2. The fourth-order valence-corrected chi connectivity index (χ4v) is 2.14. The van der Waals surface area contributed by atoms with Gasteiger partial charge in [0.05, 0.1) is 0 Å². The van der Waals surface area contributed by atoms with Gasteiger partial charge < -0.3 is 10.4 Å². The summed E-state index contributed by atoms with van der Waals surface area (Å²) in [5.41, 5.74) is 0. The van der Waals surface area contributed by atoms with Gasteiger partial charge in [-0.1, -0.05) is 26.7 Å². The Labute approximate surface area is 79.5 Å². The molecule has 1 fully saturated rings. The quantitative estimate of drug-likeness (QED) is 0.694. The minimum absolute atomic E-state index is 0.193. The lowest BCUT2D eigenvalue weighted by Gasteiger charge is -2.31. The summed E-state index contributed by atoms with van der Waals surface area (Å²) in [6.45, 7) is 4.43. The molecular weight excluding hydrogens is 166 g/mol. The fourth-order valence-electron chi connectivity index (χ4n) is 2.14. The Morgan fingerprint density at radius 2 is 2.15 bits per heavy atom. The normalized spacial score (nSPS) is 28.8. The van der Waals surface area contributed by atoms with Crippen LogP contribution in [0.4, 0.5) is 4.79 Å². The summed E-state index contributed by atoms with van der Waals surface area (Å²) in [6.07, 6.45) is 3.57. The van der Waals surface area contributed by atoms with Gasteiger partial charge in [-0.3, -0.25) is 0 Å². The first-order valence-electron chi connectivity index (χ1n) is 5.09. The third-order valence-corrected chi connectivity index (χ3v) is 2.99. The van der Waals surface area contributed by atoms with Gasteiger partial charge in [0, 0.05) is 6.04 Å². The molecule has 13 heavy (non-hydrogen) atoms. The number of nitrogens with one attached hydrogen (secondary N) is 1. The van der Waals surface area contributed by atoms with E-state index in [0.29, 0.717) is 11.8 Å². The lowest BCUT2D eigenvalue weighted by molar-refractivity contribution is 0.175. The van der Waals surface area contributed by atoms with Crippen molar-refractivity contribution < 1.29 is 9.90 Å². The number of carboxylic acid groups (broad SMARTS) is 1. The second-order valence-electron chi connectivity index (χ2n) is 4.32. The van der Waals surface area contributed by atoms with Crippen LogP contribution in [0, 0.1) is 11.8 Å². The monoisotopic (exact) mass is 185 g/mol. The summed E-state index contributed by atoms with van der Waals surface area (Å²) in [5.74, 6) is 1.38. The first-order valence-corrected chi connectivity index (χ1v) is 5.09. The van der Waals surface area contributed by atoms with E-state index < -0.39 is 6.09 Å². The van der Waals surface area contributed by atoms with Crippen molar-refractivity contribution in [2.45, 2.75) is 45.6 Å². The maximum atomic E-state index is 10.4. The molecule has 1 aliphatic carbocycles. The van der Waals surface area contributed by atoms with Crippen molar-refractivity contribution in [2.75, 3.05) is 0 Å². The van der Waals surface area contributed by atoms with Crippen LogP contribution < -0.4 is 5.32 Å². The van der Waals surface area contributed by atoms with Crippen molar-refractivity contribution in [3.05, 3.63) is 0 Å². The molecule has 0 radical (unpaired) electrons. The lowest BCUT2D eigenvalue weighted by atomic mass is 9.79. The van der Waals surface area contributed by atoms with E-state index in [-0.39, 0.29) is 6.04 Å². The fraction of sp³-hybridized carbons (Fsp3) is 0.900. The van der Waals surface area contributed by atoms with E-state index in [4.69, 9.17) is 5.11 Å². The van der Waals surface area contributed by atoms with E-state index in [2.05, 4.69) is 19.2 Å². The largest absolute Gasteiger partial charge is 0.465 e. The molecule has 3 heteroatoms. The minimum atomic E-state index is -0.880. The number of rotatable bonds is 2. The van der Waals surface area contributed by atoms with E-state index in [1.165, 1.54) is 6.42 Å². The van der Waals surface area contributed by atoms with Gasteiger partial charge in [-0.15, -0.1) is 0 Å². The van der Waals surface area contributed by atoms with E-state index in [0.717, 1.165) is 19.3 Å². The van der Waals surface area contributed by atoms with Crippen LogP contribution >= 0.6 is 0 Å². The third kappa shape index (κ3) is 3.25. The molecule has 0 bridgehead atoms. The van der Waals surface area contributed by atoms with Crippen molar-refractivity contribution in [3.8, 4) is 0 Å². The number of hydrogen-bond acceptors (Lipinski definition) is 1. The van der Waals surface area contributed by atoms with Crippen LogP contribution in [0.25, 0.3) is 0 Å². The maximum absolute atomic E-state index is 10.4. The molecule has 0 aromatic carbocycles. The molecule has 0 aromatic rings. The Kier molecular flexibility index (Phi) is 3.58. The van der Waals surface area contributed by atoms with Crippen LogP contribution in [0.1, 0.15) is 39.5 Å². The third-order valence-electron chi connectivity index (χ3n) is 2.99. The lowest BCUT2D eigenvalue weighted by Crippen LogP contribution is -2.38. The summed E-state index contributed by atoms with van der Waals surface area (Å²) in [4.78, 5) is 10.4. The predicted octanol–water partition coefficient (Wildman–Crippen LogP) is 2.47. The van der Waals surface area contributed by atoms with Crippen molar-refractivity contribution in [1.29, 1.82) is 0 Å². The molecule has 1 rings (SSSR count). The number of carbonyl (C=O) groups is 1. The molecule has 76 valence electrons. The van der Waals surface area contributed by atoms with Gasteiger partial charge in [0.15, 0.2) is 0 Å². The summed E-state index contributed by atoms with van der Waals surface area (Å²) in [5, 5.41) is 11.2. The van der Waals surface area contributed by atoms with Gasteiger partial charge in [-0.2, -0.15) is 0 Å². The molecule has 0 heterocycles. The first kappa shape index (κ1) is 10.4. The van der Waals surface area contributed by atoms with Crippen molar-refractivity contribution in [3.63, 3.8) is 0 Å². The highest BCUT2D eigenvalue weighted by Crippen LogP contribution is 2.29. The van der Waals surface area contributed by atoms with E-state index in [1.807, 2.05) is 0 Å². The molecule has 0 aromatic heterocycles. The highest BCUT2D eigenvalue weighted by Gasteiger charge is 2.24. The molecule has 0 spiro atoms. The van der Waals surface area contributed by atoms with Crippen molar-refractivity contribution >= 4 is 6.09 Å². The zero-order valence-electron chi connectivity index (χ0n) is 8.42. The number of hydrogen-bond donors (Lipinski definition) is 2. The second kappa shape index (κ2) is 4.49. The van der Waals surface area contributed by atoms with Crippen LogP contribution in [-0.2, 0) is 0 Å². The second-order valence-corrected chi connectivity index (χ2v) is 4.32. The van der Waals surface area contributed by atoms with E-state index in [9.17, 15) is 4.79 Å². The molecule has 1 saturated carbocycles. The Morgan fingerprint density at radius 3 is 2.69 bits per heavy atom. The summed E-state index contributed by atoms with van der Waals surface area (Å²) < 4.78 is 0. The molecule has 0 saturated heterocycles. The van der Waals surface area contributed by atoms with Crippen LogP contribution in [-0.4, -0.2) is 17.2 Å². The van der Waals surface area contributed by atoms with Crippen LogP contribution in [0.2, 0.25) is 0 Å². The standard InChI is InChI=1S/C10H19NO2/c1-7(2)8-4-3-5-9(6-8)11-10(12)13/h7-9,11H,3-6H2,1-2H3,(H,12,13). The Balaban J connectivity index is 2.37. The molecule has 2 N–H and O–H groups in total. The van der Waals surface area contributed by atoms with Crippen LogP contribution in [0.3, 0.4) is 0 Å². The maximum Gasteiger partial charge on any atom is 0.404 e. The molecule has 1 amide bonds. The number of amides is 1. The Bertz CT molecular complexity index is 180. The minimum Gasteiger partial charge on any atom is -0.465 e. The zero-order valence-corrected chi connectivity index (χ0v) is 8.42. The van der Waals surface area contributed by atoms with Gasteiger partial charge in [0.25, 0.3) is 0 Å². The summed E-state index contributed by atoms with van der Waals surface area (Å²) in [7, 11) is 0. The van der Waals surface area contributed by atoms with Crippen LogP contribution in [0.15, 0.2) is 0 Å². The zero-order chi connectivity index (χ0) is 9.84. The first-order chi connectivity index (χ1) is 6.09. The highest BCUT2D eigenvalue weighted by atomic mass is 16.4.